The number of primary amides is 1. The molecule has 11 nitrogen and oxygen atoms in total. The molecule has 3 unspecified atom stereocenters. The van der Waals surface area contributed by atoms with Gasteiger partial charge >= 0.3 is 12.1 Å². The first-order chi connectivity index (χ1) is 22.8. The number of aryl methyl sites for hydroxylation is 2. The van der Waals surface area contributed by atoms with Crippen LogP contribution < -0.4 is 16.4 Å². The molecule has 49 heavy (non-hydrogen) atoms. The van der Waals surface area contributed by atoms with Gasteiger partial charge in [0.1, 0.15) is 29.3 Å². The quantitative estimate of drug-likeness (QED) is 0.154. The molecule has 0 fully saturated rings. The fourth-order valence-corrected chi connectivity index (χ4v) is 5.38. The third kappa shape index (κ3) is 14.3. The molecule has 0 saturated carbocycles. The van der Waals surface area contributed by atoms with Gasteiger partial charge in [0.2, 0.25) is 17.7 Å². The number of rotatable bonds is 16. The van der Waals surface area contributed by atoms with E-state index >= 15 is 0 Å². The molecular formula is C38H56N4O7. The number of esters is 1. The van der Waals surface area contributed by atoms with E-state index in [9.17, 15) is 24.0 Å². The highest BCUT2D eigenvalue weighted by Gasteiger charge is 2.39. The second kappa shape index (κ2) is 18.4. The fourth-order valence-electron chi connectivity index (χ4n) is 5.38. The van der Waals surface area contributed by atoms with Crippen molar-refractivity contribution in [1.82, 2.24) is 15.5 Å². The SMILES string of the molecule is CCCCCCN(C(=O)C(CC(N)=O)NC(=O)OC(C)(C)C)C(C(=O)NC(Cc1ccccc1)C(=O)OC(C)(C)C)c1ccc(C)cc1C. The molecule has 4 amide bonds. The number of nitrogens with two attached hydrogens (primary N) is 1. The lowest BCUT2D eigenvalue weighted by Gasteiger charge is -2.36. The van der Waals surface area contributed by atoms with Gasteiger partial charge in [-0.15, -0.1) is 0 Å². The molecule has 11 heteroatoms. The zero-order valence-electron chi connectivity index (χ0n) is 30.7. The molecular weight excluding hydrogens is 624 g/mol. The molecule has 0 aromatic heterocycles. The maximum absolute atomic E-state index is 14.6. The predicted molar refractivity (Wildman–Crippen MR) is 189 cm³/mol. The van der Waals surface area contributed by atoms with E-state index < -0.39 is 65.5 Å². The van der Waals surface area contributed by atoms with E-state index in [2.05, 4.69) is 17.6 Å². The summed E-state index contributed by atoms with van der Waals surface area (Å²) >= 11 is 0. The average molecular weight is 681 g/mol. The van der Waals surface area contributed by atoms with Crippen molar-refractivity contribution in [3.05, 3.63) is 70.8 Å². The summed E-state index contributed by atoms with van der Waals surface area (Å²) in [6, 6.07) is 11.1. The zero-order chi connectivity index (χ0) is 36.9. The second-order valence-electron chi connectivity index (χ2n) is 14.5. The van der Waals surface area contributed by atoms with Crippen LogP contribution in [0, 0.1) is 13.8 Å². The predicted octanol–water partition coefficient (Wildman–Crippen LogP) is 5.59. The molecule has 2 rings (SSSR count). The van der Waals surface area contributed by atoms with Gasteiger partial charge in [-0.2, -0.15) is 0 Å². The van der Waals surface area contributed by atoms with E-state index in [0.29, 0.717) is 12.0 Å². The van der Waals surface area contributed by atoms with Crippen LogP contribution in [0.25, 0.3) is 0 Å². The molecule has 2 aromatic carbocycles. The van der Waals surface area contributed by atoms with Crippen LogP contribution in [0.5, 0.6) is 0 Å². The van der Waals surface area contributed by atoms with Gasteiger partial charge in [-0.3, -0.25) is 14.4 Å². The number of amides is 4. The van der Waals surface area contributed by atoms with Crippen molar-refractivity contribution in [3.63, 3.8) is 0 Å². The topological polar surface area (TPSA) is 157 Å². The Balaban J connectivity index is 2.69. The first kappa shape index (κ1) is 40.8. The van der Waals surface area contributed by atoms with Gasteiger partial charge in [0.05, 0.1) is 6.42 Å². The van der Waals surface area contributed by atoms with E-state index in [1.165, 1.54) is 4.90 Å². The molecule has 2 aromatic rings. The van der Waals surface area contributed by atoms with Crippen molar-refractivity contribution in [3.8, 4) is 0 Å². The molecule has 0 bridgehead atoms. The highest BCUT2D eigenvalue weighted by Crippen LogP contribution is 2.28. The summed E-state index contributed by atoms with van der Waals surface area (Å²) in [6.07, 6.45) is 1.89. The van der Waals surface area contributed by atoms with Gasteiger partial charge in [0.15, 0.2) is 0 Å². The molecule has 0 aliphatic carbocycles. The van der Waals surface area contributed by atoms with Crippen LogP contribution in [0.15, 0.2) is 48.5 Å². The molecule has 0 spiro atoms. The van der Waals surface area contributed by atoms with Crippen LogP contribution in [0.4, 0.5) is 4.79 Å². The number of hydrogen-bond donors (Lipinski definition) is 3. The van der Waals surface area contributed by atoms with Crippen molar-refractivity contribution in [2.75, 3.05) is 6.54 Å². The Hall–Kier alpha value is -4.41. The van der Waals surface area contributed by atoms with Crippen molar-refractivity contribution in [2.45, 2.75) is 130 Å². The first-order valence-electron chi connectivity index (χ1n) is 17.0. The lowest BCUT2D eigenvalue weighted by Crippen LogP contribution is -2.56. The number of alkyl carbamates (subject to hydrolysis) is 1. The Morgan fingerprint density at radius 1 is 0.816 bits per heavy atom. The summed E-state index contributed by atoms with van der Waals surface area (Å²) in [5.41, 5.74) is 6.89. The summed E-state index contributed by atoms with van der Waals surface area (Å²) in [5, 5.41) is 5.42. The summed E-state index contributed by atoms with van der Waals surface area (Å²) in [5.74, 6) is -2.74. The van der Waals surface area contributed by atoms with E-state index in [4.69, 9.17) is 15.2 Å². The number of benzene rings is 2. The van der Waals surface area contributed by atoms with E-state index in [0.717, 1.165) is 36.0 Å². The van der Waals surface area contributed by atoms with Gasteiger partial charge in [0, 0.05) is 13.0 Å². The third-order valence-electron chi connectivity index (χ3n) is 7.50. The van der Waals surface area contributed by atoms with Crippen LogP contribution in [-0.2, 0) is 35.1 Å². The molecule has 0 aliphatic rings. The van der Waals surface area contributed by atoms with Gasteiger partial charge < -0.3 is 30.7 Å². The van der Waals surface area contributed by atoms with Crippen LogP contribution in [0.2, 0.25) is 0 Å². The van der Waals surface area contributed by atoms with Crippen LogP contribution >= 0.6 is 0 Å². The first-order valence-corrected chi connectivity index (χ1v) is 17.0. The van der Waals surface area contributed by atoms with Gasteiger partial charge in [0.25, 0.3) is 0 Å². The Labute approximate surface area is 291 Å². The van der Waals surface area contributed by atoms with Gasteiger partial charge in [-0.05, 0) is 78.5 Å². The van der Waals surface area contributed by atoms with E-state index in [1.54, 1.807) is 47.6 Å². The van der Waals surface area contributed by atoms with Gasteiger partial charge in [-0.1, -0.05) is 80.3 Å². The standard InChI is InChI=1S/C38H56N4O7/c1-10-11-12-16-21-42(34(45)29(24-31(39)43)41-36(47)49-38(7,8)9)32(28-20-19-25(2)22-26(28)3)33(44)40-30(35(46)48-37(4,5)6)23-27-17-14-13-15-18-27/h13-15,17-20,22,29-30,32H,10-12,16,21,23-24H2,1-9H3,(H2,39,43)(H,40,44)(H,41,47). The maximum Gasteiger partial charge on any atom is 0.408 e. The third-order valence-corrected chi connectivity index (χ3v) is 7.50. The van der Waals surface area contributed by atoms with E-state index in [1.807, 2.05) is 56.3 Å². The second-order valence-corrected chi connectivity index (χ2v) is 14.5. The monoisotopic (exact) mass is 680 g/mol. The number of nitrogens with one attached hydrogen (secondary N) is 2. The Morgan fingerprint density at radius 2 is 1.45 bits per heavy atom. The summed E-state index contributed by atoms with van der Waals surface area (Å²) in [7, 11) is 0. The maximum atomic E-state index is 14.6. The number of nitrogens with zero attached hydrogens (tertiary/aromatic N) is 1. The summed E-state index contributed by atoms with van der Waals surface area (Å²) in [6.45, 7) is 16.2. The number of hydrogen-bond acceptors (Lipinski definition) is 7. The Morgan fingerprint density at radius 3 is 2.00 bits per heavy atom. The number of unbranched alkanes of at least 4 members (excludes halogenated alkanes) is 3. The highest BCUT2D eigenvalue weighted by molar-refractivity contribution is 5.96. The average Bonchev–Trinajstić information content (AvgIpc) is 2.97. The molecule has 270 valence electrons. The van der Waals surface area contributed by atoms with Crippen LogP contribution in [0.3, 0.4) is 0 Å². The highest BCUT2D eigenvalue weighted by atomic mass is 16.6. The molecule has 0 heterocycles. The minimum atomic E-state index is -1.41. The van der Waals surface area contributed by atoms with Crippen molar-refractivity contribution < 1.29 is 33.4 Å². The summed E-state index contributed by atoms with van der Waals surface area (Å²) in [4.78, 5) is 69.1. The van der Waals surface area contributed by atoms with E-state index in [-0.39, 0.29) is 13.0 Å². The number of carbonyl (C=O) groups is 5. The van der Waals surface area contributed by atoms with Crippen LogP contribution in [0.1, 0.15) is 109 Å². The molecule has 0 saturated heterocycles. The lowest BCUT2D eigenvalue weighted by molar-refractivity contribution is -0.159. The fraction of sp³-hybridized carbons (Fsp3) is 0.553. The van der Waals surface area contributed by atoms with Crippen molar-refractivity contribution in [1.29, 1.82) is 0 Å². The molecule has 0 radical (unpaired) electrons. The Bertz CT molecular complexity index is 1430. The molecule has 4 N–H and O–H groups in total. The summed E-state index contributed by atoms with van der Waals surface area (Å²) < 4.78 is 11.1. The number of carbonyl (C=O) groups excluding carboxylic acids is 5. The number of ether oxygens (including phenoxy) is 2. The minimum absolute atomic E-state index is 0.130. The van der Waals surface area contributed by atoms with Crippen molar-refractivity contribution in [2.24, 2.45) is 5.73 Å². The molecule has 0 aliphatic heterocycles. The Kier molecular flexibility index (Phi) is 15.3. The zero-order valence-corrected chi connectivity index (χ0v) is 30.7. The largest absolute Gasteiger partial charge is 0.458 e. The van der Waals surface area contributed by atoms with Crippen molar-refractivity contribution >= 4 is 29.8 Å². The normalized spacial score (nSPS) is 13.4. The smallest absolute Gasteiger partial charge is 0.408 e. The lowest BCUT2D eigenvalue weighted by atomic mass is 9.95. The van der Waals surface area contributed by atoms with Crippen LogP contribution in [-0.4, -0.2) is 64.5 Å². The minimum Gasteiger partial charge on any atom is -0.458 e. The van der Waals surface area contributed by atoms with Gasteiger partial charge in [-0.25, -0.2) is 9.59 Å². The molecule has 3 atom stereocenters.